The monoisotopic (exact) mass is 279 g/mol. The minimum atomic E-state index is -0.0598. The molecule has 3 rings (SSSR count). The van der Waals surface area contributed by atoms with E-state index in [4.69, 9.17) is 11.6 Å². The number of hydrogen-bond donors (Lipinski definition) is 1. The van der Waals surface area contributed by atoms with Gasteiger partial charge in [0.15, 0.2) is 0 Å². The normalized spacial score (nSPS) is 20.6. The van der Waals surface area contributed by atoms with Gasteiger partial charge in [0.25, 0.3) is 5.91 Å². The first-order valence-electron chi connectivity index (χ1n) is 6.79. The largest absolute Gasteiger partial charge is 0.507 e. The maximum absolute atomic E-state index is 12.6. The molecule has 0 aromatic heterocycles. The predicted octanol–water partition coefficient (Wildman–Crippen LogP) is 3.37. The molecule has 0 bridgehead atoms. The van der Waals surface area contributed by atoms with Gasteiger partial charge >= 0.3 is 0 Å². The van der Waals surface area contributed by atoms with E-state index in [-0.39, 0.29) is 11.7 Å². The minimum Gasteiger partial charge on any atom is -0.507 e. The predicted molar refractivity (Wildman–Crippen MR) is 74.7 cm³/mol. The van der Waals surface area contributed by atoms with Crippen molar-refractivity contribution >= 4 is 17.5 Å². The van der Waals surface area contributed by atoms with Crippen molar-refractivity contribution in [2.45, 2.75) is 32.6 Å². The van der Waals surface area contributed by atoms with E-state index in [0.717, 1.165) is 25.1 Å². The zero-order valence-electron chi connectivity index (χ0n) is 11.1. The first-order valence-corrected chi connectivity index (χ1v) is 7.17. The van der Waals surface area contributed by atoms with Gasteiger partial charge in [-0.2, -0.15) is 0 Å². The van der Waals surface area contributed by atoms with Crippen LogP contribution in [0.1, 0.15) is 41.6 Å². The highest BCUT2D eigenvalue weighted by Crippen LogP contribution is 2.48. The van der Waals surface area contributed by atoms with Crippen LogP contribution in [0.2, 0.25) is 5.02 Å². The third-order valence-corrected chi connectivity index (χ3v) is 4.85. The third-order valence-electron chi connectivity index (χ3n) is 4.63. The molecular weight excluding hydrogens is 262 g/mol. The Morgan fingerprint density at radius 3 is 2.63 bits per heavy atom. The van der Waals surface area contributed by atoms with E-state index in [1.807, 2.05) is 11.8 Å². The molecule has 0 unspecified atom stereocenters. The second kappa shape index (κ2) is 4.41. The summed E-state index contributed by atoms with van der Waals surface area (Å²) in [5.41, 5.74) is 1.52. The molecule has 1 aromatic carbocycles. The minimum absolute atomic E-state index is 0.00967. The Morgan fingerprint density at radius 1 is 1.37 bits per heavy atom. The van der Waals surface area contributed by atoms with Gasteiger partial charge in [0.05, 0.1) is 5.56 Å². The molecule has 1 saturated heterocycles. The van der Waals surface area contributed by atoms with Crippen LogP contribution in [0.25, 0.3) is 0 Å². The lowest BCUT2D eigenvalue weighted by molar-refractivity contribution is 0.0728. The number of phenols is 1. The number of benzene rings is 1. The van der Waals surface area contributed by atoms with Crippen LogP contribution >= 0.6 is 11.6 Å². The Labute approximate surface area is 118 Å². The fourth-order valence-electron chi connectivity index (χ4n) is 3.36. The van der Waals surface area contributed by atoms with Gasteiger partial charge in [0, 0.05) is 18.1 Å². The van der Waals surface area contributed by atoms with Crippen LogP contribution in [0.15, 0.2) is 12.1 Å². The van der Waals surface area contributed by atoms with Gasteiger partial charge in [0.2, 0.25) is 0 Å². The fraction of sp³-hybridized carbons (Fsp3) is 0.533. The van der Waals surface area contributed by atoms with E-state index >= 15 is 0 Å². The number of carbonyl (C=O) groups is 1. The summed E-state index contributed by atoms with van der Waals surface area (Å²) in [4.78, 5) is 14.4. The first kappa shape index (κ1) is 12.8. The van der Waals surface area contributed by atoms with Crippen molar-refractivity contribution in [3.63, 3.8) is 0 Å². The molecule has 4 heteroatoms. The summed E-state index contributed by atoms with van der Waals surface area (Å²) < 4.78 is 0. The molecule has 2 fully saturated rings. The van der Waals surface area contributed by atoms with Crippen LogP contribution in [-0.2, 0) is 0 Å². The summed E-state index contributed by atoms with van der Waals surface area (Å²) in [7, 11) is 0. The van der Waals surface area contributed by atoms with E-state index in [1.54, 1.807) is 6.07 Å². The Bertz CT molecular complexity index is 514. The number of halogens is 1. The average Bonchev–Trinajstić information content (AvgIpc) is 2.71. The van der Waals surface area contributed by atoms with Crippen molar-refractivity contribution in [3.8, 4) is 5.75 Å². The topological polar surface area (TPSA) is 40.5 Å². The van der Waals surface area contributed by atoms with Crippen LogP contribution in [0.5, 0.6) is 5.75 Å². The Balaban J connectivity index is 1.85. The lowest BCUT2D eigenvalue weighted by Gasteiger charge is -2.38. The second-order valence-electron chi connectivity index (χ2n) is 5.95. The van der Waals surface area contributed by atoms with Crippen molar-refractivity contribution in [2.75, 3.05) is 13.1 Å². The quantitative estimate of drug-likeness (QED) is 0.856. The molecule has 1 spiro atoms. The second-order valence-corrected chi connectivity index (χ2v) is 6.38. The van der Waals surface area contributed by atoms with Crippen LogP contribution in [0, 0.1) is 12.3 Å². The number of amides is 1. The van der Waals surface area contributed by atoms with E-state index in [2.05, 4.69) is 0 Å². The summed E-state index contributed by atoms with van der Waals surface area (Å²) in [5.74, 6) is -0.0694. The van der Waals surface area contributed by atoms with Gasteiger partial charge in [-0.05, 0) is 49.3 Å². The van der Waals surface area contributed by atoms with Crippen molar-refractivity contribution in [1.29, 1.82) is 0 Å². The van der Waals surface area contributed by atoms with E-state index in [0.29, 0.717) is 16.0 Å². The van der Waals surface area contributed by atoms with Gasteiger partial charge < -0.3 is 10.0 Å². The molecular formula is C15H18ClNO2. The summed E-state index contributed by atoms with van der Waals surface area (Å²) in [6.07, 6.45) is 4.87. The Hall–Kier alpha value is -1.22. The van der Waals surface area contributed by atoms with Crippen LogP contribution in [0.4, 0.5) is 0 Å². The smallest absolute Gasteiger partial charge is 0.257 e. The van der Waals surface area contributed by atoms with Gasteiger partial charge in [0.1, 0.15) is 5.75 Å². The maximum atomic E-state index is 12.6. The lowest BCUT2D eigenvalue weighted by atomic mass is 9.68. The molecule has 1 aliphatic carbocycles. The van der Waals surface area contributed by atoms with Crippen LogP contribution in [0.3, 0.4) is 0 Å². The van der Waals surface area contributed by atoms with E-state index in [1.165, 1.54) is 25.3 Å². The molecule has 0 radical (unpaired) electrons. The third kappa shape index (κ3) is 2.10. The van der Waals surface area contributed by atoms with Crippen LogP contribution in [-0.4, -0.2) is 29.0 Å². The Morgan fingerprint density at radius 2 is 2.11 bits per heavy atom. The summed E-state index contributed by atoms with van der Waals surface area (Å²) in [6.45, 7) is 3.46. The molecule has 102 valence electrons. The van der Waals surface area contributed by atoms with Gasteiger partial charge in [-0.3, -0.25) is 4.79 Å². The molecule has 0 atom stereocenters. The number of hydrogen-bond acceptors (Lipinski definition) is 2. The number of aromatic hydroxyl groups is 1. The van der Waals surface area contributed by atoms with Gasteiger partial charge in [-0.15, -0.1) is 0 Å². The molecule has 19 heavy (non-hydrogen) atoms. The molecule has 1 heterocycles. The molecule has 2 aliphatic rings. The summed E-state index contributed by atoms with van der Waals surface area (Å²) >= 11 is 5.88. The average molecular weight is 280 g/mol. The van der Waals surface area contributed by atoms with E-state index in [9.17, 15) is 9.90 Å². The van der Waals surface area contributed by atoms with Crippen molar-refractivity contribution in [2.24, 2.45) is 5.41 Å². The van der Waals surface area contributed by atoms with Gasteiger partial charge in [-0.1, -0.05) is 18.0 Å². The first-order chi connectivity index (χ1) is 9.01. The summed E-state index contributed by atoms with van der Waals surface area (Å²) in [5, 5.41) is 10.4. The van der Waals surface area contributed by atoms with E-state index < -0.39 is 0 Å². The van der Waals surface area contributed by atoms with Crippen LogP contribution < -0.4 is 0 Å². The highest BCUT2D eigenvalue weighted by molar-refractivity contribution is 6.31. The molecule has 1 N–H and O–H groups in total. The number of rotatable bonds is 1. The summed E-state index contributed by atoms with van der Waals surface area (Å²) in [6, 6.07) is 3.17. The zero-order chi connectivity index (χ0) is 13.6. The number of likely N-dealkylation sites (tertiary alicyclic amines) is 1. The number of carbonyl (C=O) groups excluding carboxylic acids is 1. The molecule has 1 aliphatic heterocycles. The highest BCUT2D eigenvalue weighted by atomic mass is 35.5. The lowest BCUT2D eigenvalue weighted by Crippen LogP contribution is -2.36. The molecule has 3 nitrogen and oxygen atoms in total. The molecule has 1 saturated carbocycles. The van der Waals surface area contributed by atoms with Crippen molar-refractivity contribution in [1.82, 2.24) is 4.90 Å². The standard InChI is InChI=1S/C15H18ClNO2/c1-10-7-11(16)8-12(18)13(10)14(19)17-6-5-15(9-17)3-2-4-15/h7-8,18H,2-6,9H2,1H3. The zero-order valence-corrected chi connectivity index (χ0v) is 11.8. The van der Waals surface area contributed by atoms with Crippen molar-refractivity contribution < 1.29 is 9.90 Å². The van der Waals surface area contributed by atoms with Crippen molar-refractivity contribution in [3.05, 3.63) is 28.3 Å². The number of aryl methyl sites for hydroxylation is 1. The van der Waals surface area contributed by atoms with Gasteiger partial charge in [-0.25, -0.2) is 0 Å². The number of phenolic OH excluding ortho intramolecular Hbond substituents is 1. The molecule has 1 amide bonds. The maximum Gasteiger partial charge on any atom is 0.257 e. The Kier molecular flexibility index (Phi) is 2.97. The highest BCUT2D eigenvalue weighted by Gasteiger charge is 2.44. The molecule has 1 aromatic rings. The number of nitrogens with zero attached hydrogens (tertiary/aromatic N) is 1. The fourth-order valence-corrected chi connectivity index (χ4v) is 3.62. The SMILES string of the molecule is Cc1cc(Cl)cc(O)c1C(=O)N1CCC2(CCC2)C1.